The Hall–Kier alpha value is -2.08. The third-order valence-electron chi connectivity index (χ3n) is 3.68. The lowest BCUT2D eigenvalue weighted by Crippen LogP contribution is -2.34. The van der Waals surface area contributed by atoms with Gasteiger partial charge >= 0.3 is 6.03 Å². The largest absolute Gasteiger partial charge is 0.380 e. The van der Waals surface area contributed by atoms with Gasteiger partial charge in [-0.1, -0.05) is 0 Å². The standard InChI is InChI=1S/C16H23N3O3/c1-4-22-8-7-19(3)16(21)17-13-9-11(2)15-12(10-13)5-6-14(20)18-15/h9-10H,4-8H2,1-3H3,(H,17,21)(H,18,20). The van der Waals surface area contributed by atoms with E-state index in [2.05, 4.69) is 10.6 Å². The number of aryl methyl sites for hydroxylation is 2. The van der Waals surface area contributed by atoms with E-state index in [0.717, 1.165) is 22.5 Å². The molecular weight excluding hydrogens is 282 g/mol. The summed E-state index contributed by atoms with van der Waals surface area (Å²) >= 11 is 0. The number of carbonyl (C=O) groups excluding carboxylic acids is 2. The fourth-order valence-electron chi connectivity index (χ4n) is 2.42. The van der Waals surface area contributed by atoms with Crippen LogP contribution in [0, 0.1) is 6.92 Å². The van der Waals surface area contributed by atoms with Gasteiger partial charge in [0.1, 0.15) is 0 Å². The predicted octanol–water partition coefficient (Wildman–Crippen LogP) is 2.38. The van der Waals surface area contributed by atoms with Crippen LogP contribution in [0.4, 0.5) is 16.2 Å². The first-order valence-electron chi connectivity index (χ1n) is 7.54. The van der Waals surface area contributed by atoms with Gasteiger partial charge in [0.15, 0.2) is 0 Å². The molecule has 22 heavy (non-hydrogen) atoms. The Morgan fingerprint density at radius 3 is 2.91 bits per heavy atom. The minimum atomic E-state index is -0.168. The van der Waals surface area contributed by atoms with Crippen molar-refractivity contribution in [3.05, 3.63) is 23.3 Å². The van der Waals surface area contributed by atoms with Crippen molar-refractivity contribution >= 4 is 23.3 Å². The molecule has 1 heterocycles. The molecule has 0 saturated heterocycles. The molecule has 6 heteroatoms. The molecule has 0 spiro atoms. The zero-order valence-corrected chi connectivity index (χ0v) is 13.4. The number of carbonyl (C=O) groups is 2. The Balaban J connectivity index is 2.03. The summed E-state index contributed by atoms with van der Waals surface area (Å²) in [7, 11) is 1.74. The van der Waals surface area contributed by atoms with Gasteiger partial charge in [0, 0.05) is 38.0 Å². The third kappa shape index (κ3) is 3.98. The number of hydrogen-bond donors (Lipinski definition) is 2. The molecule has 1 aromatic carbocycles. The Bertz CT molecular complexity index is 572. The number of urea groups is 1. The van der Waals surface area contributed by atoms with E-state index in [1.54, 1.807) is 11.9 Å². The first-order chi connectivity index (χ1) is 10.5. The molecule has 1 aliphatic heterocycles. The number of anilines is 2. The molecule has 120 valence electrons. The Kier molecular flexibility index (Phi) is 5.38. The van der Waals surface area contributed by atoms with Gasteiger partial charge in [-0.05, 0) is 43.5 Å². The number of likely N-dealkylation sites (N-methyl/N-ethyl adjacent to an activating group) is 1. The lowest BCUT2D eigenvalue weighted by Gasteiger charge is -2.22. The smallest absolute Gasteiger partial charge is 0.321 e. The third-order valence-corrected chi connectivity index (χ3v) is 3.68. The maximum Gasteiger partial charge on any atom is 0.321 e. The van der Waals surface area contributed by atoms with E-state index in [9.17, 15) is 9.59 Å². The van der Waals surface area contributed by atoms with E-state index < -0.39 is 0 Å². The lowest BCUT2D eigenvalue weighted by atomic mass is 9.98. The summed E-state index contributed by atoms with van der Waals surface area (Å²) in [6.07, 6.45) is 1.18. The van der Waals surface area contributed by atoms with E-state index in [1.165, 1.54) is 0 Å². The zero-order valence-electron chi connectivity index (χ0n) is 13.4. The summed E-state index contributed by atoms with van der Waals surface area (Å²) < 4.78 is 5.25. The number of benzene rings is 1. The van der Waals surface area contributed by atoms with Crippen molar-refractivity contribution in [1.82, 2.24) is 4.90 Å². The predicted molar refractivity (Wildman–Crippen MR) is 86.3 cm³/mol. The van der Waals surface area contributed by atoms with Gasteiger partial charge in [0.2, 0.25) is 5.91 Å². The van der Waals surface area contributed by atoms with Gasteiger partial charge in [-0.15, -0.1) is 0 Å². The summed E-state index contributed by atoms with van der Waals surface area (Å²) in [6, 6.07) is 3.63. The summed E-state index contributed by atoms with van der Waals surface area (Å²) in [5.74, 6) is 0.0445. The fourth-order valence-corrected chi connectivity index (χ4v) is 2.42. The number of nitrogens with one attached hydrogen (secondary N) is 2. The fraction of sp³-hybridized carbons (Fsp3) is 0.500. The molecule has 1 aliphatic rings. The average Bonchev–Trinajstić information content (AvgIpc) is 2.48. The summed E-state index contributed by atoms with van der Waals surface area (Å²) in [5.41, 5.74) is 3.64. The molecule has 0 fully saturated rings. The average molecular weight is 305 g/mol. The van der Waals surface area contributed by atoms with Crippen molar-refractivity contribution in [2.45, 2.75) is 26.7 Å². The van der Waals surface area contributed by atoms with Crippen LogP contribution in [0.15, 0.2) is 12.1 Å². The van der Waals surface area contributed by atoms with Crippen LogP contribution < -0.4 is 10.6 Å². The molecule has 0 unspecified atom stereocenters. The number of hydrogen-bond acceptors (Lipinski definition) is 3. The van der Waals surface area contributed by atoms with Crippen LogP contribution in [-0.2, 0) is 16.0 Å². The lowest BCUT2D eigenvalue weighted by molar-refractivity contribution is -0.116. The van der Waals surface area contributed by atoms with Crippen LogP contribution in [-0.4, -0.2) is 43.6 Å². The first kappa shape index (κ1) is 16.3. The topological polar surface area (TPSA) is 70.7 Å². The molecule has 0 aliphatic carbocycles. The molecule has 2 N–H and O–H groups in total. The first-order valence-corrected chi connectivity index (χ1v) is 7.54. The number of nitrogens with zero attached hydrogens (tertiary/aromatic N) is 1. The van der Waals surface area contributed by atoms with Crippen molar-refractivity contribution in [3.63, 3.8) is 0 Å². The van der Waals surface area contributed by atoms with Gasteiger partial charge in [0.25, 0.3) is 0 Å². The van der Waals surface area contributed by atoms with Crippen molar-refractivity contribution < 1.29 is 14.3 Å². The Labute approximate surface area is 130 Å². The maximum absolute atomic E-state index is 12.1. The molecule has 0 saturated carbocycles. The highest BCUT2D eigenvalue weighted by atomic mass is 16.5. The van der Waals surface area contributed by atoms with Crippen molar-refractivity contribution in [2.75, 3.05) is 37.4 Å². The van der Waals surface area contributed by atoms with Gasteiger partial charge in [-0.25, -0.2) is 4.79 Å². The summed E-state index contributed by atoms with van der Waals surface area (Å²) in [4.78, 5) is 25.2. The van der Waals surface area contributed by atoms with Crippen molar-refractivity contribution in [3.8, 4) is 0 Å². The highest BCUT2D eigenvalue weighted by Crippen LogP contribution is 2.29. The highest BCUT2D eigenvalue weighted by Gasteiger charge is 2.18. The van der Waals surface area contributed by atoms with Crippen LogP contribution in [0.1, 0.15) is 24.5 Å². The van der Waals surface area contributed by atoms with Gasteiger partial charge in [-0.3, -0.25) is 4.79 Å². The minimum absolute atomic E-state index is 0.0445. The summed E-state index contributed by atoms with van der Waals surface area (Å²) in [5, 5.41) is 5.78. The van der Waals surface area contributed by atoms with Crippen molar-refractivity contribution in [2.24, 2.45) is 0 Å². The second-order valence-corrected chi connectivity index (χ2v) is 5.42. The van der Waals surface area contributed by atoms with Crippen LogP contribution >= 0.6 is 0 Å². The van der Waals surface area contributed by atoms with Crippen LogP contribution in [0.25, 0.3) is 0 Å². The number of fused-ring (bicyclic) bond motifs is 1. The minimum Gasteiger partial charge on any atom is -0.380 e. The van der Waals surface area contributed by atoms with E-state index in [1.807, 2.05) is 26.0 Å². The van der Waals surface area contributed by atoms with E-state index in [0.29, 0.717) is 32.6 Å². The molecule has 2 rings (SSSR count). The monoisotopic (exact) mass is 305 g/mol. The Morgan fingerprint density at radius 2 is 2.18 bits per heavy atom. The molecule has 3 amide bonds. The second-order valence-electron chi connectivity index (χ2n) is 5.42. The van der Waals surface area contributed by atoms with E-state index in [-0.39, 0.29) is 11.9 Å². The second kappa shape index (κ2) is 7.26. The molecule has 0 atom stereocenters. The molecule has 1 aromatic rings. The number of amides is 3. The highest BCUT2D eigenvalue weighted by molar-refractivity contribution is 5.96. The molecule has 6 nitrogen and oxygen atoms in total. The van der Waals surface area contributed by atoms with Crippen molar-refractivity contribution in [1.29, 1.82) is 0 Å². The quantitative estimate of drug-likeness (QED) is 0.821. The van der Waals surface area contributed by atoms with Crippen LogP contribution in [0.2, 0.25) is 0 Å². The molecule has 0 aromatic heterocycles. The van der Waals surface area contributed by atoms with E-state index in [4.69, 9.17) is 4.74 Å². The van der Waals surface area contributed by atoms with E-state index >= 15 is 0 Å². The zero-order chi connectivity index (χ0) is 16.1. The molecule has 0 bridgehead atoms. The van der Waals surface area contributed by atoms with Crippen LogP contribution in [0.3, 0.4) is 0 Å². The SMILES string of the molecule is CCOCCN(C)C(=O)Nc1cc(C)c2c(c1)CCC(=O)N2. The molecular formula is C16H23N3O3. The normalized spacial score (nSPS) is 13.3. The van der Waals surface area contributed by atoms with Gasteiger partial charge < -0.3 is 20.3 Å². The molecule has 0 radical (unpaired) electrons. The Morgan fingerprint density at radius 1 is 1.41 bits per heavy atom. The van der Waals surface area contributed by atoms with Gasteiger partial charge in [0.05, 0.1) is 6.61 Å². The maximum atomic E-state index is 12.1. The number of rotatable bonds is 5. The number of ether oxygens (including phenoxy) is 1. The van der Waals surface area contributed by atoms with Gasteiger partial charge in [-0.2, -0.15) is 0 Å². The van der Waals surface area contributed by atoms with Crippen LogP contribution in [0.5, 0.6) is 0 Å². The summed E-state index contributed by atoms with van der Waals surface area (Å²) in [6.45, 7) is 5.56.